The van der Waals surface area contributed by atoms with Crippen LogP contribution in [-0.4, -0.2) is 28.8 Å². The van der Waals surface area contributed by atoms with Crippen LogP contribution >= 0.6 is 11.6 Å². The van der Waals surface area contributed by atoms with Crippen molar-refractivity contribution in [3.63, 3.8) is 0 Å². The molecule has 0 heterocycles. The second-order valence-corrected chi connectivity index (χ2v) is 10.7. The van der Waals surface area contributed by atoms with Gasteiger partial charge in [-0.25, -0.2) is 0 Å². The van der Waals surface area contributed by atoms with Crippen LogP contribution in [0.1, 0.15) is 59.9 Å². The fourth-order valence-corrected chi connectivity index (χ4v) is 5.33. The predicted molar refractivity (Wildman–Crippen MR) is 151 cm³/mol. The van der Waals surface area contributed by atoms with Gasteiger partial charge in [0.25, 0.3) is 0 Å². The van der Waals surface area contributed by atoms with E-state index in [2.05, 4.69) is 31.3 Å². The summed E-state index contributed by atoms with van der Waals surface area (Å²) in [5, 5.41) is 3.91. The summed E-state index contributed by atoms with van der Waals surface area (Å²) in [5.74, 6) is -0.144. The first kappa shape index (κ1) is 26.9. The van der Waals surface area contributed by atoms with Crippen LogP contribution in [0.2, 0.25) is 5.02 Å². The summed E-state index contributed by atoms with van der Waals surface area (Å²) in [6.45, 7) is 4.45. The van der Waals surface area contributed by atoms with Crippen molar-refractivity contribution in [3.05, 3.63) is 106 Å². The molecular weight excluding hydrogens is 480 g/mol. The molecule has 0 saturated heterocycles. The SMILES string of the molecule is Cc1ccc(CC(=O)N(Cc2cccc(Cl)c2)C(Cc2ccccc2)C(=O)NC2CCCCC2)cc1C. The molecule has 1 fully saturated rings. The number of nitrogens with zero attached hydrogens (tertiary/aromatic N) is 1. The van der Waals surface area contributed by atoms with Crippen LogP contribution in [0.3, 0.4) is 0 Å². The van der Waals surface area contributed by atoms with Crippen LogP contribution in [0.15, 0.2) is 72.8 Å². The average Bonchev–Trinajstić information content (AvgIpc) is 2.89. The van der Waals surface area contributed by atoms with Crippen molar-refractivity contribution in [2.75, 3.05) is 0 Å². The maximum absolute atomic E-state index is 13.9. The number of rotatable bonds is 9. The van der Waals surface area contributed by atoms with Crippen LogP contribution in [-0.2, 0) is 29.0 Å². The zero-order valence-electron chi connectivity index (χ0n) is 21.9. The second kappa shape index (κ2) is 12.9. The van der Waals surface area contributed by atoms with Crippen molar-refractivity contribution in [1.82, 2.24) is 10.2 Å². The number of benzene rings is 3. The van der Waals surface area contributed by atoms with E-state index < -0.39 is 6.04 Å². The molecule has 1 saturated carbocycles. The van der Waals surface area contributed by atoms with Crippen LogP contribution < -0.4 is 5.32 Å². The third kappa shape index (κ3) is 7.69. The first-order valence-corrected chi connectivity index (χ1v) is 13.7. The van der Waals surface area contributed by atoms with Gasteiger partial charge >= 0.3 is 0 Å². The van der Waals surface area contributed by atoms with Crippen LogP contribution in [0.4, 0.5) is 0 Å². The quantitative estimate of drug-likeness (QED) is 0.349. The molecule has 194 valence electrons. The Morgan fingerprint density at radius 1 is 0.865 bits per heavy atom. The maximum atomic E-state index is 13.9. The summed E-state index contributed by atoms with van der Waals surface area (Å²) >= 11 is 6.29. The molecule has 3 aromatic carbocycles. The Balaban J connectivity index is 1.66. The normalized spacial score (nSPS) is 14.7. The molecule has 0 bridgehead atoms. The second-order valence-electron chi connectivity index (χ2n) is 10.3. The molecule has 1 aliphatic rings. The third-order valence-corrected chi connectivity index (χ3v) is 7.63. The largest absolute Gasteiger partial charge is 0.352 e. The van der Waals surface area contributed by atoms with Crippen molar-refractivity contribution in [2.24, 2.45) is 0 Å². The van der Waals surface area contributed by atoms with Gasteiger partial charge in [0, 0.05) is 24.0 Å². The van der Waals surface area contributed by atoms with Gasteiger partial charge in [0.2, 0.25) is 11.8 Å². The van der Waals surface area contributed by atoms with Gasteiger partial charge in [-0.2, -0.15) is 0 Å². The van der Waals surface area contributed by atoms with Gasteiger partial charge in [-0.05, 0) is 66.6 Å². The van der Waals surface area contributed by atoms with Crippen LogP contribution in [0.25, 0.3) is 0 Å². The Bertz CT molecular complexity index is 1200. The van der Waals surface area contributed by atoms with Gasteiger partial charge < -0.3 is 10.2 Å². The number of halogens is 1. The molecule has 2 amide bonds. The molecule has 1 atom stereocenters. The average molecular weight is 517 g/mol. The number of carbonyl (C=O) groups excluding carboxylic acids is 2. The van der Waals surface area contributed by atoms with Crippen molar-refractivity contribution in [2.45, 2.75) is 77.4 Å². The molecule has 1 unspecified atom stereocenters. The van der Waals surface area contributed by atoms with Crippen LogP contribution in [0, 0.1) is 13.8 Å². The molecule has 1 aliphatic carbocycles. The minimum absolute atomic E-state index is 0.0667. The topological polar surface area (TPSA) is 49.4 Å². The van der Waals surface area contributed by atoms with Crippen molar-refractivity contribution < 1.29 is 9.59 Å². The Morgan fingerprint density at radius 2 is 1.59 bits per heavy atom. The molecule has 0 radical (unpaired) electrons. The Morgan fingerprint density at radius 3 is 2.30 bits per heavy atom. The van der Waals surface area contributed by atoms with E-state index in [1.165, 1.54) is 12.0 Å². The van der Waals surface area contributed by atoms with E-state index in [-0.39, 0.29) is 24.3 Å². The van der Waals surface area contributed by atoms with Gasteiger partial charge in [-0.15, -0.1) is 0 Å². The Kier molecular flexibility index (Phi) is 9.40. The minimum atomic E-state index is -0.623. The highest BCUT2D eigenvalue weighted by molar-refractivity contribution is 6.30. The lowest BCUT2D eigenvalue weighted by atomic mass is 9.94. The van der Waals surface area contributed by atoms with Crippen molar-refractivity contribution >= 4 is 23.4 Å². The van der Waals surface area contributed by atoms with Gasteiger partial charge in [0.1, 0.15) is 6.04 Å². The van der Waals surface area contributed by atoms with Gasteiger partial charge in [0.15, 0.2) is 0 Å². The first-order chi connectivity index (χ1) is 17.9. The third-order valence-electron chi connectivity index (χ3n) is 7.39. The molecule has 1 N–H and O–H groups in total. The number of nitrogens with one attached hydrogen (secondary N) is 1. The lowest BCUT2D eigenvalue weighted by Gasteiger charge is -2.33. The number of hydrogen-bond acceptors (Lipinski definition) is 2. The van der Waals surface area contributed by atoms with E-state index in [0.717, 1.165) is 47.9 Å². The Labute approximate surface area is 226 Å². The van der Waals surface area contributed by atoms with Gasteiger partial charge in [-0.1, -0.05) is 91.5 Å². The molecule has 0 aromatic heterocycles. The van der Waals surface area contributed by atoms with Crippen LogP contribution in [0.5, 0.6) is 0 Å². The standard InChI is InChI=1S/C32H37ClN2O2/c1-23-16-17-26(18-24(23)2)21-31(36)35(22-27-12-9-13-28(33)19-27)30(20-25-10-5-3-6-11-25)32(37)34-29-14-7-4-8-15-29/h3,5-6,9-13,16-19,29-30H,4,7-8,14-15,20-22H2,1-2H3,(H,34,37). The molecule has 3 aromatic rings. The fraction of sp³-hybridized carbons (Fsp3) is 0.375. The molecule has 37 heavy (non-hydrogen) atoms. The molecule has 4 rings (SSSR count). The molecule has 0 spiro atoms. The lowest BCUT2D eigenvalue weighted by Crippen LogP contribution is -2.53. The summed E-state index contributed by atoms with van der Waals surface area (Å²) in [6, 6.07) is 23.2. The van der Waals surface area contributed by atoms with E-state index >= 15 is 0 Å². The Hall–Kier alpha value is -3.11. The number of aryl methyl sites for hydroxylation is 2. The summed E-state index contributed by atoms with van der Waals surface area (Å²) in [5.41, 5.74) is 5.24. The number of amides is 2. The molecule has 5 heteroatoms. The highest BCUT2D eigenvalue weighted by Gasteiger charge is 2.32. The van der Waals surface area contributed by atoms with Crippen molar-refractivity contribution in [3.8, 4) is 0 Å². The minimum Gasteiger partial charge on any atom is -0.352 e. The summed E-state index contributed by atoms with van der Waals surface area (Å²) in [7, 11) is 0. The van der Waals surface area contributed by atoms with E-state index in [9.17, 15) is 9.59 Å². The summed E-state index contributed by atoms with van der Waals surface area (Å²) in [6.07, 6.45) is 6.17. The highest BCUT2D eigenvalue weighted by Crippen LogP contribution is 2.22. The zero-order valence-corrected chi connectivity index (χ0v) is 22.6. The van der Waals surface area contributed by atoms with Gasteiger partial charge in [0.05, 0.1) is 6.42 Å². The smallest absolute Gasteiger partial charge is 0.243 e. The molecule has 4 nitrogen and oxygen atoms in total. The predicted octanol–water partition coefficient (Wildman–Crippen LogP) is 6.59. The highest BCUT2D eigenvalue weighted by atomic mass is 35.5. The fourth-order valence-electron chi connectivity index (χ4n) is 5.12. The number of hydrogen-bond donors (Lipinski definition) is 1. The van der Waals surface area contributed by atoms with E-state index in [0.29, 0.717) is 18.0 Å². The van der Waals surface area contributed by atoms with E-state index in [1.807, 2.05) is 60.7 Å². The van der Waals surface area contributed by atoms with E-state index in [4.69, 9.17) is 11.6 Å². The monoisotopic (exact) mass is 516 g/mol. The van der Waals surface area contributed by atoms with Crippen molar-refractivity contribution in [1.29, 1.82) is 0 Å². The number of carbonyl (C=O) groups is 2. The summed E-state index contributed by atoms with van der Waals surface area (Å²) < 4.78 is 0. The molecule has 0 aliphatic heterocycles. The van der Waals surface area contributed by atoms with Gasteiger partial charge in [-0.3, -0.25) is 9.59 Å². The lowest BCUT2D eigenvalue weighted by molar-refractivity contribution is -0.141. The summed E-state index contributed by atoms with van der Waals surface area (Å²) in [4.78, 5) is 29.5. The van der Waals surface area contributed by atoms with E-state index in [1.54, 1.807) is 4.90 Å². The molecular formula is C32H37ClN2O2. The zero-order chi connectivity index (χ0) is 26.2. The maximum Gasteiger partial charge on any atom is 0.243 e. The first-order valence-electron chi connectivity index (χ1n) is 13.3.